The molecule has 1 heterocycles. The molecule has 1 aliphatic rings. The van der Waals surface area contributed by atoms with E-state index in [1.54, 1.807) is 0 Å². The minimum atomic E-state index is -0.529. The van der Waals surface area contributed by atoms with Crippen LogP contribution in [0.5, 0.6) is 0 Å². The zero-order chi connectivity index (χ0) is 13.0. The molecule has 18 heavy (non-hydrogen) atoms. The fourth-order valence-corrected chi connectivity index (χ4v) is 2.52. The maximum absolute atomic E-state index is 11.7. The molecule has 1 saturated carbocycles. The third-order valence-electron chi connectivity index (χ3n) is 3.54. The second-order valence-corrected chi connectivity index (χ2v) is 4.78. The maximum atomic E-state index is 11.7. The van der Waals surface area contributed by atoms with Crippen molar-refractivity contribution in [2.75, 3.05) is 0 Å². The normalized spacial score (nSPS) is 18.2. The number of hydrogen-bond acceptors (Lipinski definition) is 5. The van der Waals surface area contributed by atoms with Gasteiger partial charge in [0.05, 0.1) is 11.5 Å². The molecule has 0 bridgehead atoms. The summed E-state index contributed by atoms with van der Waals surface area (Å²) in [4.78, 5) is 12.9. The lowest BCUT2D eigenvalue weighted by Crippen LogP contribution is -2.41. The summed E-state index contributed by atoms with van der Waals surface area (Å²) >= 11 is 0. The van der Waals surface area contributed by atoms with Crippen molar-refractivity contribution >= 4 is 5.91 Å². The second kappa shape index (κ2) is 5.12. The van der Waals surface area contributed by atoms with Crippen molar-refractivity contribution in [3.63, 3.8) is 0 Å². The van der Waals surface area contributed by atoms with Gasteiger partial charge in [0.15, 0.2) is 5.82 Å². The quantitative estimate of drug-likeness (QED) is 0.816. The van der Waals surface area contributed by atoms with Gasteiger partial charge in [0.25, 0.3) is 0 Å². The standard InChI is InChI=1S/C11H16N6O/c12-6-7-17-15-9(14-16-17)8-11(10(13)18)4-2-1-3-5-11/h1-5,7-8H2,(H2,13,18). The molecule has 7 nitrogen and oxygen atoms in total. The molecular formula is C11H16N6O. The van der Waals surface area contributed by atoms with Crippen molar-refractivity contribution in [2.45, 2.75) is 45.1 Å². The molecule has 2 rings (SSSR count). The van der Waals surface area contributed by atoms with Gasteiger partial charge in [-0.05, 0) is 18.1 Å². The molecule has 2 N–H and O–H groups in total. The van der Waals surface area contributed by atoms with Gasteiger partial charge in [-0.15, -0.1) is 15.0 Å². The Hall–Kier alpha value is -1.97. The molecule has 1 amide bonds. The number of carbonyl (C=O) groups is 1. The molecule has 0 unspecified atom stereocenters. The molecule has 0 aromatic carbocycles. The van der Waals surface area contributed by atoms with E-state index in [0.717, 1.165) is 32.1 Å². The number of carbonyl (C=O) groups excluding carboxylic acids is 1. The van der Waals surface area contributed by atoms with E-state index in [0.29, 0.717) is 12.2 Å². The first-order chi connectivity index (χ1) is 8.66. The molecule has 0 aliphatic heterocycles. The Balaban J connectivity index is 2.13. The Kier molecular flexibility index (Phi) is 3.55. The maximum Gasteiger partial charge on any atom is 0.224 e. The summed E-state index contributed by atoms with van der Waals surface area (Å²) in [5.41, 5.74) is 5.01. The number of primary amides is 1. The Labute approximate surface area is 105 Å². The topological polar surface area (TPSA) is 110 Å². The van der Waals surface area contributed by atoms with E-state index in [-0.39, 0.29) is 12.5 Å². The molecule has 1 fully saturated rings. The van der Waals surface area contributed by atoms with E-state index in [1.165, 1.54) is 4.80 Å². The Morgan fingerprint density at radius 2 is 2.17 bits per heavy atom. The minimum Gasteiger partial charge on any atom is -0.369 e. The van der Waals surface area contributed by atoms with Crippen LogP contribution in [0.1, 0.15) is 37.9 Å². The van der Waals surface area contributed by atoms with Crippen LogP contribution in [0.15, 0.2) is 0 Å². The second-order valence-electron chi connectivity index (χ2n) is 4.78. The van der Waals surface area contributed by atoms with E-state index in [1.807, 2.05) is 6.07 Å². The fourth-order valence-electron chi connectivity index (χ4n) is 2.52. The van der Waals surface area contributed by atoms with Gasteiger partial charge in [-0.1, -0.05) is 19.3 Å². The number of rotatable bonds is 4. The smallest absolute Gasteiger partial charge is 0.224 e. The van der Waals surface area contributed by atoms with Crippen molar-refractivity contribution in [2.24, 2.45) is 11.1 Å². The van der Waals surface area contributed by atoms with E-state index in [4.69, 9.17) is 11.0 Å². The summed E-state index contributed by atoms with van der Waals surface area (Å²) in [6, 6.07) is 1.94. The van der Waals surface area contributed by atoms with Gasteiger partial charge in [-0.25, -0.2) is 0 Å². The molecule has 1 aromatic rings. The minimum absolute atomic E-state index is 0.0660. The van der Waals surface area contributed by atoms with Crippen molar-refractivity contribution < 1.29 is 4.79 Å². The number of nitriles is 1. The van der Waals surface area contributed by atoms with Crippen LogP contribution >= 0.6 is 0 Å². The highest BCUT2D eigenvalue weighted by Crippen LogP contribution is 2.38. The summed E-state index contributed by atoms with van der Waals surface area (Å²) in [5.74, 6) is 0.213. The first-order valence-electron chi connectivity index (χ1n) is 6.10. The zero-order valence-electron chi connectivity index (χ0n) is 10.2. The predicted octanol–water partition coefficient (Wildman–Crippen LogP) is 0.175. The van der Waals surface area contributed by atoms with Gasteiger partial charge in [0, 0.05) is 6.42 Å². The van der Waals surface area contributed by atoms with E-state index >= 15 is 0 Å². The third kappa shape index (κ3) is 2.47. The number of aromatic nitrogens is 4. The lowest BCUT2D eigenvalue weighted by atomic mass is 9.71. The summed E-state index contributed by atoms with van der Waals surface area (Å²) in [7, 11) is 0. The SMILES string of the molecule is N#CCn1nnc(CC2(C(N)=O)CCCCC2)n1. The Morgan fingerprint density at radius 3 is 2.78 bits per heavy atom. The number of nitrogens with two attached hydrogens (primary N) is 1. The summed E-state index contributed by atoms with van der Waals surface area (Å²) in [6.45, 7) is 0.0660. The monoisotopic (exact) mass is 248 g/mol. The zero-order valence-corrected chi connectivity index (χ0v) is 10.2. The van der Waals surface area contributed by atoms with Crippen LogP contribution in [0.3, 0.4) is 0 Å². The number of nitrogens with zero attached hydrogens (tertiary/aromatic N) is 5. The van der Waals surface area contributed by atoms with Gasteiger partial charge in [-0.3, -0.25) is 4.79 Å². The summed E-state index contributed by atoms with van der Waals surface area (Å²) < 4.78 is 0. The highest BCUT2D eigenvalue weighted by Gasteiger charge is 2.39. The molecule has 1 aliphatic carbocycles. The third-order valence-corrected chi connectivity index (χ3v) is 3.54. The lowest BCUT2D eigenvalue weighted by Gasteiger charge is -2.33. The molecular weight excluding hydrogens is 232 g/mol. The number of hydrogen-bond donors (Lipinski definition) is 1. The largest absolute Gasteiger partial charge is 0.369 e. The van der Waals surface area contributed by atoms with Gasteiger partial charge in [0.1, 0.15) is 6.54 Å². The van der Waals surface area contributed by atoms with Gasteiger partial charge >= 0.3 is 0 Å². The van der Waals surface area contributed by atoms with Crippen LogP contribution in [0.4, 0.5) is 0 Å². The molecule has 0 radical (unpaired) electrons. The molecule has 0 spiro atoms. The van der Waals surface area contributed by atoms with Gasteiger partial charge in [0.2, 0.25) is 5.91 Å². The number of amides is 1. The van der Waals surface area contributed by atoms with Crippen molar-refractivity contribution in [3.05, 3.63) is 5.82 Å². The first-order valence-corrected chi connectivity index (χ1v) is 6.10. The van der Waals surface area contributed by atoms with Crippen molar-refractivity contribution in [3.8, 4) is 6.07 Å². The fraction of sp³-hybridized carbons (Fsp3) is 0.727. The Bertz CT molecular complexity index is 468. The molecule has 0 atom stereocenters. The van der Waals surface area contributed by atoms with Gasteiger partial charge in [-0.2, -0.15) is 5.26 Å². The van der Waals surface area contributed by atoms with Crippen LogP contribution in [0.25, 0.3) is 0 Å². The van der Waals surface area contributed by atoms with E-state index in [9.17, 15) is 4.79 Å². The summed E-state index contributed by atoms with van der Waals surface area (Å²) in [5, 5.41) is 20.3. The molecule has 0 saturated heterocycles. The van der Waals surface area contributed by atoms with Crippen LogP contribution in [-0.4, -0.2) is 26.1 Å². The first kappa shape index (κ1) is 12.5. The molecule has 1 aromatic heterocycles. The average molecular weight is 248 g/mol. The van der Waals surface area contributed by atoms with Crippen molar-refractivity contribution in [1.29, 1.82) is 5.26 Å². The highest BCUT2D eigenvalue weighted by molar-refractivity contribution is 5.81. The molecule has 7 heteroatoms. The van der Waals surface area contributed by atoms with E-state index in [2.05, 4.69) is 15.4 Å². The van der Waals surface area contributed by atoms with E-state index < -0.39 is 5.41 Å². The summed E-state index contributed by atoms with van der Waals surface area (Å²) in [6.07, 6.45) is 5.16. The lowest BCUT2D eigenvalue weighted by molar-refractivity contribution is -0.129. The van der Waals surface area contributed by atoms with Crippen molar-refractivity contribution in [1.82, 2.24) is 20.2 Å². The number of tetrazole rings is 1. The van der Waals surface area contributed by atoms with Crippen LogP contribution in [0.2, 0.25) is 0 Å². The van der Waals surface area contributed by atoms with Crippen LogP contribution < -0.4 is 5.73 Å². The highest BCUT2D eigenvalue weighted by atomic mass is 16.1. The van der Waals surface area contributed by atoms with Crippen LogP contribution in [-0.2, 0) is 17.8 Å². The molecule has 96 valence electrons. The Morgan fingerprint density at radius 1 is 1.44 bits per heavy atom. The van der Waals surface area contributed by atoms with Gasteiger partial charge < -0.3 is 5.73 Å². The average Bonchev–Trinajstić information content (AvgIpc) is 2.78. The van der Waals surface area contributed by atoms with Crippen LogP contribution in [0, 0.1) is 16.7 Å². The predicted molar refractivity (Wildman–Crippen MR) is 61.8 cm³/mol.